The van der Waals surface area contributed by atoms with Gasteiger partial charge in [-0.2, -0.15) is 0 Å². The Labute approximate surface area is 152 Å². The van der Waals surface area contributed by atoms with Crippen LogP contribution in [0.3, 0.4) is 0 Å². The van der Waals surface area contributed by atoms with E-state index >= 15 is 0 Å². The van der Waals surface area contributed by atoms with Crippen molar-refractivity contribution in [1.82, 2.24) is 9.55 Å². The molecule has 0 spiro atoms. The minimum atomic E-state index is 0.132. The maximum Gasteiger partial charge on any atom is 0.263 e. The smallest absolute Gasteiger partial charge is 0.263 e. The zero-order chi connectivity index (χ0) is 16.9. The Kier molecular flexibility index (Phi) is 6.17. The third kappa shape index (κ3) is 3.62. The zero-order valence-corrected chi connectivity index (χ0v) is 16.1. The normalized spacial score (nSPS) is 13.5. The van der Waals surface area contributed by atoms with Crippen LogP contribution < -0.4 is 5.56 Å². The number of allylic oxidation sites excluding steroid dienone is 1. The van der Waals surface area contributed by atoms with E-state index in [9.17, 15) is 4.79 Å². The Morgan fingerprint density at radius 3 is 2.92 bits per heavy atom. The van der Waals surface area contributed by atoms with Crippen molar-refractivity contribution in [3.63, 3.8) is 0 Å². The summed E-state index contributed by atoms with van der Waals surface area (Å²) in [6.45, 7) is 6.60. The second-order valence-electron chi connectivity index (χ2n) is 6.40. The molecule has 2 aromatic rings. The highest BCUT2D eigenvalue weighted by atomic mass is 32.2. The average Bonchev–Trinajstić information content (AvgIpc) is 3.14. The van der Waals surface area contributed by atoms with Gasteiger partial charge in [-0.1, -0.05) is 50.4 Å². The van der Waals surface area contributed by atoms with E-state index in [0.717, 1.165) is 34.0 Å². The molecule has 3 nitrogen and oxygen atoms in total. The largest absolute Gasteiger partial charge is 0.283 e. The Morgan fingerprint density at radius 2 is 2.12 bits per heavy atom. The number of hydrogen-bond donors (Lipinski definition) is 0. The highest BCUT2D eigenvalue weighted by molar-refractivity contribution is 7.99. The molecule has 2 heterocycles. The number of nitrogens with zero attached hydrogens (tertiary/aromatic N) is 2. The minimum Gasteiger partial charge on any atom is -0.283 e. The van der Waals surface area contributed by atoms with Gasteiger partial charge in [-0.15, -0.1) is 17.9 Å². The number of unbranched alkanes of at least 4 members (excludes halogenated alkanes) is 4. The van der Waals surface area contributed by atoms with Crippen molar-refractivity contribution < 1.29 is 0 Å². The van der Waals surface area contributed by atoms with Crippen LogP contribution in [0.15, 0.2) is 22.6 Å². The molecule has 0 atom stereocenters. The summed E-state index contributed by atoms with van der Waals surface area (Å²) in [5.74, 6) is 1.03. The number of aryl methyl sites for hydroxylation is 2. The van der Waals surface area contributed by atoms with Crippen molar-refractivity contribution in [3.05, 3.63) is 33.4 Å². The molecule has 0 bridgehead atoms. The molecule has 0 aromatic carbocycles. The molecule has 0 unspecified atom stereocenters. The first-order chi connectivity index (χ1) is 11.8. The van der Waals surface area contributed by atoms with Crippen LogP contribution in [0.5, 0.6) is 0 Å². The van der Waals surface area contributed by atoms with E-state index in [1.165, 1.54) is 49.0 Å². The van der Waals surface area contributed by atoms with Crippen LogP contribution in [0, 0.1) is 0 Å². The van der Waals surface area contributed by atoms with Crippen molar-refractivity contribution in [2.45, 2.75) is 70.0 Å². The van der Waals surface area contributed by atoms with Gasteiger partial charge in [0.1, 0.15) is 4.83 Å². The molecule has 0 amide bonds. The summed E-state index contributed by atoms with van der Waals surface area (Å²) in [6, 6.07) is 0. The van der Waals surface area contributed by atoms with Crippen LogP contribution in [-0.2, 0) is 19.4 Å². The van der Waals surface area contributed by atoms with Crippen LogP contribution in [0.25, 0.3) is 10.2 Å². The molecule has 1 aliphatic carbocycles. The molecule has 1 aliphatic rings. The number of hydrogen-bond acceptors (Lipinski definition) is 4. The molecule has 0 fully saturated rings. The Morgan fingerprint density at radius 1 is 1.29 bits per heavy atom. The van der Waals surface area contributed by atoms with Gasteiger partial charge in [-0.3, -0.25) is 9.36 Å². The van der Waals surface area contributed by atoms with Crippen LogP contribution in [0.2, 0.25) is 0 Å². The van der Waals surface area contributed by atoms with Crippen molar-refractivity contribution in [2.24, 2.45) is 0 Å². The maximum absolute atomic E-state index is 13.0. The molecule has 24 heavy (non-hydrogen) atoms. The second kappa shape index (κ2) is 8.34. The van der Waals surface area contributed by atoms with Crippen molar-refractivity contribution in [1.29, 1.82) is 0 Å². The minimum absolute atomic E-state index is 0.132. The van der Waals surface area contributed by atoms with E-state index in [1.807, 2.05) is 4.57 Å². The topological polar surface area (TPSA) is 34.9 Å². The summed E-state index contributed by atoms with van der Waals surface area (Å²) < 4.78 is 1.82. The monoisotopic (exact) mass is 362 g/mol. The van der Waals surface area contributed by atoms with E-state index in [2.05, 4.69) is 13.5 Å². The first-order valence-corrected chi connectivity index (χ1v) is 10.8. The fourth-order valence-electron chi connectivity index (χ4n) is 3.33. The molecular formula is C19H26N2OS2. The summed E-state index contributed by atoms with van der Waals surface area (Å²) >= 11 is 3.45. The molecule has 0 aliphatic heterocycles. The predicted molar refractivity (Wildman–Crippen MR) is 106 cm³/mol. The summed E-state index contributed by atoms with van der Waals surface area (Å²) in [6.07, 6.45) is 11.5. The Bertz CT molecular complexity index is 776. The molecule has 0 radical (unpaired) electrons. The van der Waals surface area contributed by atoms with Gasteiger partial charge in [0.2, 0.25) is 0 Å². The second-order valence-corrected chi connectivity index (χ2v) is 8.54. The quantitative estimate of drug-likeness (QED) is 0.266. The summed E-state index contributed by atoms with van der Waals surface area (Å²) in [5, 5.41) is 1.74. The third-order valence-electron chi connectivity index (χ3n) is 4.58. The first kappa shape index (κ1) is 17.7. The fraction of sp³-hybridized carbons (Fsp3) is 0.579. The lowest BCUT2D eigenvalue weighted by Crippen LogP contribution is -2.23. The van der Waals surface area contributed by atoms with Crippen LogP contribution in [-0.4, -0.2) is 15.3 Å². The van der Waals surface area contributed by atoms with Crippen LogP contribution in [0.1, 0.15) is 55.9 Å². The van der Waals surface area contributed by atoms with Crippen LogP contribution in [0.4, 0.5) is 0 Å². The van der Waals surface area contributed by atoms with E-state index < -0.39 is 0 Å². The first-order valence-electron chi connectivity index (χ1n) is 9.05. The fourth-order valence-corrected chi connectivity index (χ4v) is 5.64. The number of thiophene rings is 1. The van der Waals surface area contributed by atoms with Gasteiger partial charge < -0.3 is 0 Å². The van der Waals surface area contributed by atoms with Crippen LogP contribution >= 0.6 is 23.1 Å². The van der Waals surface area contributed by atoms with E-state index in [1.54, 1.807) is 29.2 Å². The van der Waals surface area contributed by atoms with E-state index in [4.69, 9.17) is 4.98 Å². The number of fused-ring (bicyclic) bond motifs is 3. The molecule has 0 saturated heterocycles. The highest BCUT2D eigenvalue weighted by Crippen LogP contribution is 2.35. The predicted octanol–water partition coefficient (Wildman–Crippen LogP) is 5.20. The third-order valence-corrected chi connectivity index (χ3v) is 6.83. The van der Waals surface area contributed by atoms with Crippen molar-refractivity contribution in [3.8, 4) is 0 Å². The van der Waals surface area contributed by atoms with Crippen molar-refractivity contribution in [2.75, 3.05) is 5.75 Å². The molecular weight excluding hydrogens is 336 g/mol. The zero-order valence-electron chi connectivity index (χ0n) is 14.5. The average molecular weight is 363 g/mol. The standard InChI is InChI=1S/C19H26N2OS2/c1-3-5-6-7-8-13-23-19-20-17-16(18(22)21(19)12-4-2)14-10-9-11-15(14)24-17/h4H,2-3,5-13H2,1H3. The van der Waals surface area contributed by atoms with Gasteiger partial charge in [0.15, 0.2) is 5.16 Å². The van der Waals surface area contributed by atoms with Gasteiger partial charge in [0.05, 0.1) is 5.39 Å². The SMILES string of the molecule is C=CCn1c(SCCCCCCC)nc2sc3c(c2c1=O)CCC3. The van der Waals surface area contributed by atoms with Gasteiger partial charge >= 0.3 is 0 Å². The Hall–Kier alpha value is -1.07. The van der Waals surface area contributed by atoms with Gasteiger partial charge in [-0.25, -0.2) is 4.98 Å². The lowest BCUT2D eigenvalue weighted by atomic mass is 10.2. The molecule has 5 heteroatoms. The Balaban J connectivity index is 1.83. The van der Waals surface area contributed by atoms with Crippen molar-refractivity contribution >= 4 is 33.3 Å². The van der Waals surface area contributed by atoms with Gasteiger partial charge in [0, 0.05) is 17.2 Å². The summed E-state index contributed by atoms with van der Waals surface area (Å²) in [5.41, 5.74) is 1.40. The summed E-state index contributed by atoms with van der Waals surface area (Å²) in [7, 11) is 0. The molecule has 0 N–H and O–H groups in total. The molecule has 130 valence electrons. The lowest BCUT2D eigenvalue weighted by Gasteiger charge is -2.10. The van der Waals surface area contributed by atoms with Gasteiger partial charge in [-0.05, 0) is 31.2 Å². The van der Waals surface area contributed by atoms with E-state index in [0.29, 0.717) is 6.54 Å². The van der Waals surface area contributed by atoms with Gasteiger partial charge in [0.25, 0.3) is 5.56 Å². The summed E-state index contributed by atoms with van der Waals surface area (Å²) in [4.78, 5) is 20.2. The number of rotatable bonds is 9. The molecule has 2 aromatic heterocycles. The number of thioether (sulfide) groups is 1. The van der Waals surface area contributed by atoms with E-state index in [-0.39, 0.29) is 5.56 Å². The molecule has 0 saturated carbocycles. The molecule has 3 rings (SSSR count). The maximum atomic E-state index is 13.0. The number of aromatic nitrogens is 2. The highest BCUT2D eigenvalue weighted by Gasteiger charge is 2.22. The lowest BCUT2D eigenvalue weighted by molar-refractivity contribution is 0.654.